The molecule has 13 nitrogen and oxygen atoms in total. The molecule has 3 rings (SSSR count). The van der Waals surface area contributed by atoms with Gasteiger partial charge in [-0.2, -0.15) is 0 Å². The predicted molar refractivity (Wildman–Crippen MR) is 180 cm³/mol. The number of Topliss-reactive ketones (excluding diaryl/α,β-unsaturated/α-hetero) is 1. The molecule has 2 unspecified atom stereocenters. The number of likely N-dealkylation sites (N-methyl/N-ethyl adjacent to an activating group) is 1. The fourth-order valence-electron chi connectivity index (χ4n) is 7.92. The zero-order valence-electron chi connectivity index (χ0n) is 31.7. The van der Waals surface area contributed by atoms with E-state index in [0.717, 1.165) is 0 Å². The van der Waals surface area contributed by atoms with Gasteiger partial charge in [-0.15, -0.1) is 0 Å². The van der Waals surface area contributed by atoms with Gasteiger partial charge in [0.15, 0.2) is 12.6 Å². The first-order valence-electron chi connectivity index (χ1n) is 18.0. The van der Waals surface area contributed by atoms with E-state index in [1.165, 1.54) is 7.11 Å². The van der Waals surface area contributed by atoms with Crippen molar-refractivity contribution in [2.45, 2.75) is 173 Å². The quantitative estimate of drug-likeness (QED) is 0.285. The van der Waals surface area contributed by atoms with E-state index in [2.05, 4.69) is 0 Å². The number of ether oxygens (including phenoxy) is 6. The third-order valence-electron chi connectivity index (χ3n) is 11.4. The maximum Gasteiger partial charge on any atom is 0.311 e. The number of methoxy groups -OCH3 is 1. The van der Waals surface area contributed by atoms with Crippen LogP contribution in [0.5, 0.6) is 0 Å². The normalized spacial score (nSPS) is 48.2. The number of hydrogen-bond donors (Lipinski definition) is 4. The number of rotatable bonds is 7. The molecule has 17 atom stereocenters. The largest absolute Gasteiger partial charge is 0.462 e. The molecule has 0 amide bonds. The highest BCUT2D eigenvalue weighted by molar-refractivity contribution is 5.81. The topological polar surface area (TPSA) is 174 Å². The summed E-state index contributed by atoms with van der Waals surface area (Å²) in [4.78, 5) is 29.3. The summed E-state index contributed by atoms with van der Waals surface area (Å²) < 4.78 is 37.2. The fourth-order valence-corrected chi connectivity index (χ4v) is 7.92. The molecule has 3 heterocycles. The van der Waals surface area contributed by atoms with Gasteiger partial charge in [-0.1, -0.05) is 27.7 Å². The maximum absolute atomic E-state index is 14.0. The summed E-state index contributed by atoms with van der Waals surface area (Å²) in [6, 6.07) is -0.293. The Morgan fingerprint density at radius 1 is 0.939 bits per heavy atom. The van der Waals surface area contributed by atoms with Crippen LogP contribution in [-0.2, 0) is 38.0 Å². The van der Waals surface area contributed by atoms with E-state index in [4.69, 9.17) is 28.4 Å². The lowest BCUT2D eigenvalue weighted by Gasteiger charge is -2.48. The third-order valence-corrected chi connectivity index (χ3v) is 11.4. The first-order chi connectivity index (χ1) is 22.7. The van der Waals surface area contributed by atoms with Crippen LogP contribution in [-0.4, -0.2) is 137 Å². The fraction of sp³-hybridized carbons (Fsp3) is 0.944. The molecule has 286 valence electrons. The number of cyclic esters (lactones) is 1. The lowest BCUT2D eigenvalue weighted by Crippen LogP contribution is -2.60. The SMILES string of the molecule is CC[C@H]1OC(=O)[C@H](C)[C@@H](OC2C[C@@](C)(OC)[C@@H](O)[C@H](C)O2)[C@H](C)[C@@H](OC2O[C@H](C)C[C@H](N(C)C)[C@H]2O)[C@](C)(O)C[C@@H](C)C(=O)C[C@@H](O)[C@H]1C. The number of carbonyl (C=O) groups is 2. The summed E-state index contributed by atoms with van der Waals surface area (Å²) in [6.45, 7) is 15.7. The van der Waals surface area contributed by atoms with Gasteiger partial charge in [0.1, 0.15) is 24.1 Å². The first kappa shape index (κ1) is 42.2. The van der Waals surface area contributed by atoms with Gasteiger partial charge in [0, 0.05) is 43.7 Å². The van der Waals surface area contributed by atoms with Crippen molar-refractivity contribution in [3.05, 3.63) is 0 Å². The lowest BCUT2D eigenvalue weighted by atomic mass is 9.76. The van der Waals surface area contributed by atoms with Crippen molar-refractivity contribution in [2.24, 2.45) is 23.7 Å². The standard InChI is InChI=1S/C36H65NO12/c1-13-27-20(4)26(39)15-25(38)18(2)16-35(8,43)32(49-34-29(40)24(37(10)11)14-19(3)45-34)21(5)30(22(6)33(42)47-27)48-28-17-36(9,44-12)31(41)23(7)46-28/h18-24,26-32,34,39-41,43H,13-17H2,1-12H3/t18-,19-,20-,21+,22-,23+,24+,26-,27-,28?,29-,30+,31+,32-,34?,35-,36-/m1/s1. The summed E-state index contributed by atoms with van der Waals surface area (Å²) in [5.74, 6) is -3.74. The van der Waals surface area contributed by atoms with Crippen LogP contribution in [0, 0.1) is 23.7 Å². The van der Waals surface area contributed by atoms with E-state index in [0.29, 0.717) is 12.8 Å². The molecule has 0 aromatic carbocycles. The van der Waals surface area contributed by atoms with Crippen molar-refractivity contribution >= 4 is 11.8 Å². The Morgan fingerprint density at radius 2 is 1.57 bits per heavy atom. The van der Waals surface area contributed by atoms with E-state index in [1.807, 2.05) is 32.8 Å². The second-order valence-corrected chi connectivity index (χ2v) is 15.8. The Kier molecular flexibility index (Phi) is 14.7. The van der Waals surface area contributed by atoms with Crippen LogP contribution >= 0.6 is 0 Å². The molecule has 0 spiro atoms. The van der Waals surface area contributed by atoms with Gasteiger partial charge in [0.25, 0.3) is 0 Å². The summed E-state index contributed by atoms with van der Waals surface area (Å²) in [7, 11) is 5.23. The molecular weight excluding hydrogens is 638 g/mol. The molecule has 13 heteroatoms. The Labute approximate surface area is 292 Å². The van der Waals surface area contributed by atoms with E-state index in [9.17, 15) is 30.0 Å². The van der Waals surface area contributed by atoms with E-state index in [-0.39, 0.29) is 37.2 Å². The average molecular weight is 704 g/mol. The Bertz CT molecular complexity index is 1090. The highest BCUT2D eigenvalue weighted by atomic mass is 16.7. The summed E-state index contributed by atoms with van der Waals surface area (Å²) in [6.07, 6.45) is -7.97. The molecule has 3 fully saturated rings. The zero-order valence-corrected chi connectivity index (χ0v) is 31.7. The number of carbonyl (C=O) groups excluding carboxylic acids is 2. The predicted octanol–water partition coefficient (Wildman–Crippen LogP) is 2.42. The van der Waals surface area contributed by atoms with Gasteiger partial charge in [0.2, 0.25) is 0 Å². The Hall–Kier alpha value is -1.26. The molecule has 3 aliphatic heterocycles. The van der Waals surface area contributed by atoms with Crippen LogP contribution in [0.3, 0.4) is 0 Å². The molecule has 0 aromatic rings. The van der Waals surface area contributed by atoms with Gasteiger partial charge >= 0.3 is 5.97 Å². The van der Waals surface area contributed by atoms with E-state index >= 15 is 0 Å². The number of aliphatic hydroxyl groups excluding tert-OH is 3. The summed E-state index contributed by atoms with van der Waals surface area (Å²) in [5.41, 5.74) is -2.72. The smallest absolute Gasteiger partial charge is 0.311 e. The lowest BCUT2D eigenvalue weighted by molar-refractivity contribution is -0.317. The molecule has 0 aromatic heterocycles. The molecule has 3 aliphatic rings. The summed E-state index contributed by atoms with van der Waals surface area (Å²) >= 11 is 0. The van der Waals surface area contributed by atoms with Crippen molar-refractivity contribution in [1.29, 1.82) is 0 Å². The molecule has 0 saturated carbocycles. The highest BCUT2D eigenvalue weighted by Crippen LogP contribution is 2.40. The van der Waals surface area contributed by atoms with E-state index in [1.54, 1.807) is 48.5 Å². The van der Waals surface area contributed by atoms with Gasteiger partial charge in [-0.05, 0) is 68.0 Å². The first-order valence-corrected chi connectivity index (χ1v) is 18.0. The van der Waals surface area contributed by atoms with Crippen LogP contribution in [0.1, 0.15) is 94.4 Å². The van der Waals surface area contributed by atoms with Crippen molar-refractivity contribution in [3.8, 4) is 0 Å². The van der Waals surface area contributed by atoms with Crippen LogP contribution in [0.2, 0.25) is 0 Å². The monoisotopic (exact) mass is 703 g/mol. The van der Waals surface area contributed by atoms with E-state index < -0.39 is 96.2 Å². The molecule has 0 radical (unpaired) electrons. The Balaban J connectivity index is 2.13. The second kappa shape index (κ2) is 17.0. The summed E-state index contributed by atoms with van der Waals surface area (Å²) in [5, 5.41) is 45.6. The average Bonchev–Trinajstić information content (AvgIpc) is 3.02. The highest BCUT2D eigenvalue weighted by Gasteiger charge is 2.52. The maximum atomic E-state index is 14.0. The van der Waals surface area contributed by atoms with Crippen molar-refractivity contribution in [1.82, 2.24) is 4.90 Å². The third kappa shape index (κ3) is 9.79. The van der Waals surface area contributed by atoms with Crippen molar-refractivity contribution in [2.75, 3.05) is 21.2 Å². The van der Waals surface area contributed by atoms with Gasteiger partial charge < -0.3 is 53.7 Å². The minimum absolute atomic E-state index is 0.0366. The Morgan fingerprint density at radius 3 is 2.14 bits per heavy atom. The van der Waals surface area contributed by atoms with Gasteiger partial charge in [-0.25, -0.2) is 0 Å². The van der Waals surface area contributed by atoms with Crippen LogP contribution in [0.15, 0.2) is 0 Å². The van der Waals surface area contributed by atoms with Crippen LogP contribution in [0.25, 0.3) is 0 Å². The number of nitrogens with zero attached hydrogens (tertiary/aromatic N) is 1. The van der Waals surface area contributed by atoms with Crippen LogP contribution < -0.4 is 0 Å². The molecule has 0 aliphatic carbocycles. The number of ketones is 1. The van der Waals surface area contributed by atoms with Crippen LogP contribution in [0.4, 0.5) is 0 Å². The second-order valence-electron chi connectivity index (χ2n) is 15.8. The molecule has 4 N–H and O–H groups in total. The minimum Gasteiger partial charge on any atom is -0.462 e. The number of esters is 1. The molecular formula is C36H65NO12. The zero-order chi connectivity index (χ0) is 37.2. The van der Waals surface area contributed by atoms with Gasteiger partial charge in [0.05, 0.1) is 47.6 Å². The molecule has 0 bridgehead atoms. The van der Waals surface area contributed by atoms with Crippen molar-refractivity contribution < 1.29 is 58.4 Å². The number of hydrogen-bond acceptors (Lipinski definition) is 13. The molecule has 3 saturated heterocycles. The van der Waals surface area contributed by atoms with Crippen molar-refractivity contribution in [3.63, 3.8) is 0 Å². The minimum atomic E-state index is -1.71. The number of aliphatic hydroxyl groups is 4. The molecule has 49 heavy (non-hydrogen) atoms. The van der Waals surface area contributed by atoms with Gasteiger partial charge in [-0.3, -0.25) is 9.59 Å².